The molecule has 0 fully saturated rings. The highest BCUT2D eigenvalue weighted by atomic mass is 19.1. The molecule has 1 N–H and O–H groups in total. The molecule has 2 rings (SSSR count). The van der Waals surface area contributed by atoms with Gasteiger partial charge in [0, 0.05) is 30.8 Å². The zero-order chi connectivity index (χ0) is 13.7. The van der Waals surface area contributed by atoms with Crippen LogP contribution in [0.15, 0.2) is 48.5 Å². The van der Waals surface area contributed by atoms with Gasteiger partial charge in [-0.05, 0) is 11.6 Å². The molecule has 0 aliphatic heterocycles. The molecule has 0 aliphatic carbocycles. The number of halogens is 1. The van der Waals surface area contributed by atoms with Crippen LogP contribution in [-0.4, -0.2) is 4.92 Å². The first-order chi connectivity index (χ1) is 9.16. The molecule has 0 aliphatic rings. The van der Waals surface area contributed by atoms with Crippen molar-refractivity contribution in [2.45, 2.75) is 13.1 Å². The molecule has 0 saturated carbocycles. The van der Waals surface area contributed by atoms with Crippen molar-refractivity contribution in [3.05, 3.63) is 75.6 Å². The highest BCUT2D eigenvalue weighted by molar-refractivity contribution is 5.35. The average Bonchev–Trinajstić information content (AvgIpc) is 2.42. The van der Waals surface area contributed by atoms with Crippen LogP contribution < -0.4 is 5.32 Å². The Balaban J connectivity index is 1.99. The lowest BCUT2D eigenvalue weighted by Gasteiger charge is -2.06. The molecule has 2 aromatic carbocycles. The fourth-order valence-electron chi connectivity index (χ4n) is 1.75. The van der Waals surface area contributed by atoms with E-state index in [9.17, 15) is 14.5 Å². The Labute approximate surface area is 110 Å². The van der Waals surface area contributed by atoms with Crippen LogP contribution in [0, 0.1) is 15.9 Å². The molecule has 0 radical (unpaired) electrons. The standard InChI is InChI=1S/C14H13FN2O2/c15-14-7-6-13(17(18)19)8-12(14)10-16-9-11-4-2-1-3-5-11/h1-8,16H,9-10H2. The molecule has 4 nitrogen and oxygen atoms in total. The summed E-state index contributed by atoms with van der Waals surface area (Å²) in [6.45, 7) is 0.839. The lowest BCUT2D eigenvalue weighted by Crippen LogP contribution is -2.13. The van der Waals surface area contributed by atoms with E-state index < -0.39 is 10.7 Å². The SMILES string of the molecule is O=[N+]([O-])c1ccc(F)c(CNCc2ccccc2)c1. The molecule has 0 bridgehead atoms. The van der Waals surface area contributed by atoms with Gasteiger partial charge in [0.05, 0.1) is 4.92 Å². The lowest BCUT2D eigenvalue weighted by atomic mass is 10.1. The summed E-state index contributed by atoms with van der Waals surface area (Å²) in [5.41, 5.74) is 1.27. The summed E-state index contributed by atoms with van der Waals surface area (Å²) in [4.78, 5) is 10.1. The summed E-state index contributed by atoms with van der Waals surface area (Å²) in [6, 6.07) is 13.2. The van der Waals surface area contributed by atoms with E-state index in [0.29, 0.717) is 12.1 Å². The largest absolute Gasteiger partial charge is 0.309 e. The van der Waals surface area contributed by atoms with Crippen LogP contribution >= 0.6 is 0 Å². The first-order valence-corrected chi connectivity index (χ1v) is 5.84. The molecule has 0 heterocycles. The van der Waals surface area contributed by atoms with E-state index in [1.807, 2.05) is 30.3 Å². The van der Waals surface area contributed by atoms with Gasteiger partial charge < -0.3 is 5.32 Å². The second-order valence-corrected chi connectivity index (χ2v) is 4.12. The van der Waals surface area contributed by atoms with Crippen LogP contribution in [0.1, 0.15) is 11.1 Å². The van der Waals surface area contributed by atoms with Gasteiger partial charge in [0.15, 0.2) is 0 Å². The average molecular weight is 260 g/mol. The van der Waals surface area contributed by atoms with E-state index in [-0.39, 0.29) is 12.2 Å². The highest BCUT2D eigenvalue weighted by Crippen LogP contribution is 2.16. The number of nitrogens with zero attached hydrogens (tertiary/aromatic N) is 1. The number of benzene rings is 2. The molecular weight excluding hydrogens is 247 g/mol. The third-order valence-electron chi connectivity index (χ3n) is 2.73. The van der Waals surface area contributed by atoms with Gasteiger partial charge in [-0.3, -0.25) is 10.1 Å². The second-order valence-electron chi connectivity index (χ2n) is 4.12. The van der Waals surface area contributed by atoms with E-state index in [4.69, 9.17) is 0 Å². The number of nitro benzene ring substituents is 1. The number of hydrogen-bond donors (Lipinski definition) is 1. The molecule has 2 aromatic rings. The van der Waals surface area contributed by atoms with Gasteiger partial charge >= 0.3 is 0 Å². The zero-order valence-electron chi connectivity index (χ0n) is 10.2. The first kappa shape index (κ1) is 13.2. The second kappa shape index (κ2) is 6.06. The van der Waals surface area contributed by atoms with Crippen LogP contribution in [0.2, 0.25) is 0 Å². The zero-order valence-corrected chi connectivity index (χ0v) is 10.2. The van der Waals surface area contributed by atoms with Gasteiger partial charge in [-0.15, -0.1) is 0 Å². The van der Waals surface area contributed by atoms with E-state index >= 15 is 0 Å². The monoisotopic (exact) mass is 260 g/mol. The third kappa shape index (κ3) is 3.59. The maximum absolute atomic E-state index is 13.5. The first-order valence-electron chi connectivity index (χ1n) is 5.84. The van der Waals surface area contributed by atoms with Crippen LogP contribution in [0.25, 0.3) is 0 Å². The summed E-state index contributed by atoms with van der Waals surface area (Å²) in [6.07, 6.45) is 0. The fourth-order valence-corrected chi connectivity index (χ4v) is 1.75. The van der Waals surface area contributed by atoms with Crippen molar-refractivity contribution in [1.82, 2.24) is 5.32 Å². The Hall–Kier alpha value is -2.27. The van der Waals surface area contributed by atoms with Gasteiger partial charge in [0.2, 0.25) is 0 Å². The normalized spacial score (nSPS) is 10.4. The van der Waals surface area contributed by atoms with Crippen molar-refractivity contribution >= 4 is 5.69 Å². The predicted molar refractivity (Wildman–Crippen MR) is 70.0 cm³/mol. The summed E-state index contributed by atoms with van der Waals surface area (Å²) < 4.78 is 13.5. The van der Waals surface area contributed by atoms with Crippen LogP contribution in [-0.2, 0) is 13.1 Å². The minimum Gasteiger partial charge on any atom is -0.309 e. The Morgan fingerprint density at radius 2 is 1.84 bits per heavy atom. The summed E-state index contributed by atoms with van der Waals surface area (Å²) in [7, 11) is 0. The Bertz CT molecular complexity index is 573. The van der Waals surface area contributed by atoms with Crippen molar-refractivity contribution in [2.24, 2.45) is 0 Å². The molecule has 98 valence electrons. The number of nitro groups is 1. The molecule has 19 heavy (non-hydrogen) atoms. The van der Waals surface area contributed by atoms with Crippen LogP contribution in [0.4, 0.5) is 10.1 Å². The van der Waals surface area contributed by atoms with Crippen LogP contribution in [0.3, 0.4) is 0 Å². The molecule has 0 aromatic heterocycles. The molecular formula is C14H13FN2O2. The van der Waals surface area contributed by atoms with Crippen LogP contribution in [0.5, 0.6) is 0 Å². The van der Waals surface area contributed by atoms with Crippen molar-refractivity contribution in [2.75, 3.05) is 0 Å². The Morgan fingerprint density at radius 3 is 2.53 bits per heavy atom. The van der Waals surface area contributed by atoms with Gasteiger partial charge in [0.1, 0.15) is 5.82 Å². The number of hydrogen-bond acceptors (Lipinski definition) is 3. The predicted octanol–water partition coefficient (Wildman–Crippen LogP) is 3.02. The highest BCUT2D eigenvalue weighted by Gasteiger charge is 2.10. The van der Waals surface area contributed by atoms with E-state index in [1.54, 1.807) is 0 Å². The molecule has 0 unspecified atom stereocenters. The number of nitrogens with one attached hydrogen (secondary N) is 1. The van der Waals surface area contributed by atoms with Gasteiger partial charge in [-0.1, -0.05) is 30.3 Å². The number of non-ortho nitro benzene ring substituents is 1. The van der Waals surface area contributed by atoms with E-state index in [2.05, 4.69) is 5.32 Å². The summed E-state index contributed by atoms with van der Waals surface area (Å²) in [5, 5.41) is 13.7. The molecule has 0 saturated heterocycles. The van der Waals surface area contributed by atoms with Crippen molar-refractivity contribution in [1.29, 1.82) is 0 Å². The van der Waals surface area contributed by atoms with E-state index in [1.165, 1.54) is 6.07 Å². The quantitative estimate of drug-likeness (QED) is 0.664. The molecule has 0 spiro atoms. The maximum Gasteiger partial charge on any atom is 0.269 e. The third-order valence-corrected chi connectivity index (χ3v) is 2.73. The summed E-state index contributed by atoms with van der Waals surface area (Å²) >= 11 is 0. The summed E-state index contributed by atoms with van der Waals surface area (Å²) in [5.74, 6) is -0.439. The Morgan fingerprint density at radius 1 is 1.11 bits per heavy atom. The maximum atomic E-state index is 13.5. The van der Waals surface area contributed by atoms with Crippen molar-refractivity contribution in [3.63, 3.8) is 0 Å². The Kier molecular flexibility index (Phi) is 4.20. The van der Waals surface area contributed by atoms with E-state index in [0.717, 1.165) is 17.7 Å². The molecule has 0 atom stereocenters. The van der Waals surface area contributed by atoms with Crippen molar-refractivity contribution < 1.29 is 9.31 Å². The smallest absolute Gasteiger partial charge is 0.269 e. The topological polar surface area (TPSA) is 55.2 Å². The minimum absolute atomic E-state index is 0.0992. The minimum atomic E-state index is -0.528. The van der Waals surface area contributed by atoms with Gasteiger partial charge in [0.25, 0.3) is 5.69 Å². The number of rotatable bonds is 5. The molecule has 0 amide bonds. The van der Waals surface area contributed by atoms with Gasteiger partial charge in [-0.25, -0.2) is 4.39 Å². The van der Waals surface area contributed by atoms with Crippen molar-refractivity contribution in [3.8, 4) is 0 Å². The fraction of sp³-hybridized carbons (Fsp3) is 0.143. The lowest BCUT2D eigenvalue weighted by molar-refractivity contribution is -0.385. The molecule has 5 heteroatoms. The van der Waals surface area contributed by atoms with Gasteiger partial charge in [-0.2, -0.15) is 0 Å².